The van der Waals surface area contributed by atoms with Crippen LogP contribution in [-0.2, 0) is 4.74 Å². The average Bonchev–Trinajstić information content (AvgIpc) is 2.34. The van der Waals surface area contributed by atoms with Crippen molar-refractivity contribution in [1.29, 1.82) is 0 Å². The smallest absolute Gasteiger partial charge is 0.0784 e. The molecule has 1 N–H and O–H groups in total. The molecule has 2 fully saturated rings. The summed E-state index contributed by atoms with van der Waals surface area (Å²) >= 11 is 0. The summed E-state index contributed by atoms with van der Waals surface area (Å²) in [5.74, 6) is 0.998. The molecule has 4 rings (SSSR count). The molecule has 4 aliphatic rings. The highest BCUT2D eigenvalue weighted by molar-refractivity contribution is 5.11. The van der Waals surface area contributed by atoms with E-state index in [0.29, 0.717) is 17.9 Å². The van der Waals surface area contributed by atoms with Gasteiger partial charge in [-0.2, -0.15) is 0 Å². The van der Waals surface area contributed by atoms with Crippen LogP contribution in [0.4, 0.5) is 0 Å². The second kappa shape index (κ2) is 2.33. The number of aliphatic hydroxyl groups is 1. The first-order valence-electron chi connectivity index (χ1n) is 4.86. The molecule has 2 nitrogen and oxygen atoms in total. The molecule has 5 atom stereocenters. The van der Waals surface area contributed by atoms with E-state index in [2.05, 4.69) is 12.2 Å². The van der Waals surface area contributed by atoms with Crippen molar-refractivity contribution in [3.8, 4) is 0 Å². The van der Waals surface area contributed by atoms with Gasteiger partial charge in [0.15, 0.2) is 0 Å². The Balaban J connectivity index is 2.00. The summed E-state index contributed by atoms with van der Waals surface area (Å²) in [7, 11) is 0. The molecular formula is C10H14O2. The first kappa shape index (κ1) is 7.10. The zero-order chi connectivity index (χ0) is 8.13. The van der Waals surface area contributed by atoms with Crippen molar-refractivity contribution in [3.63, 3.8) is 0 Å². The highest BCUT2D eigenvalue weighted by atomic mass is 16.5. The van der Waals surface area contributed by atoms with E-state index in [1.54, 1.807) is 0 Å². The van der Waals surface area contributed by atoms with Crippen molar-refractivity contribution in [2.45, 2.75) is 37.6 Å². The Morgan fingerprint density at radius 3 is 3.08 bits per heavy atom. The molecule has 0 spiro atoms. The summed E-state index contributed by atoms with van der Waals surface area (Å²) in [6, 6.07) is 0. The minimum atomic E-state index is -0.123. The van der Waals surface area contributed by atoms with Crippen LogP contribution in [0.1, 0.15) is 19.3 Å². The Bertz CT molecular complexity index is 222. The van der Waals surface area contributed by atoms with Gasteiger partial charge in [0.2, 0.25) is 0 Å². The van der Waals surface area contributed by atoms with E-state index in [4.69, 9.17) is 4.74 Å². The van der Waals surface area contributed by atoms with Crippen LogP contribution >= 0.6 is 0 Å². The van der Waals surface area contributed by atoms with Crippen molar-refractivity contribution >= 4 is 0 Å². The fourth-order valence-corrected chi connectivity index (χ4v) is 2.96. The molecule has 2 heteroatoms. The van der Waals surface area contributed by atoms with Gasteiger partial charge in [0.25, 0.3) is 0 Å². The number of fused-ring (bicyclic) bond motifs is 1. The van der Waals surface area contributed by atoms with Gasteiger partial charge in [-0.15, -0.1) is 0 Å². The van der Waals surface area contributed by atoms with E-state index in [1.165, 1.54) is 0 Å². The van der Waals surface area contributed by atoms with E-state index in [9.17, 15) is 5.11 Å². The van der Waals surface area contributed by atoms with Gasteiger partial charge in [-0.05, 0) is 18.8 Å². The van der Waals surface area contributed by atoms with Crippen LogP contribution in [0.15, 0.2) is 12.2 Å². The largest absolute Gasteiger partial charge is 0.393 e. The van der Waals surface area contributed by atoms with Crippen molar-refractivity contribution in [2.24, 2.45) is 11.8 Å². The molecule has 4 bridgehead atoms. The first-order chi connectivity index (χ1) is 5.84. The van der Waals surface area contributed by atoms with E-state index in [0.717, 1.165) is 19.3 Å². The van der Waals surface area contributed by atoms with Crippen LogP contribution in [0.2, 0.25) is 0 Å². The first-order valence-corrected chi connectivity index (χ1v) is 4.86. The molecule has 0 aromatic heterocycles. The number of ether oxygens (including phenoxy) is 1. The van der Waals surface area contributed by atoms with Crippen LogP contribution < -0.4 is 0 Å². The molecule has 0 aromatic carbocycles. The monoisotopic (exact) mass is 166 g/mol. The summed E-state index contributed by atoms with van der Waals surface area (Å²) in [4.78, 5) is 0. The average molecular weight is 166 g/mol. The Hall–Kier alpha value is -0.340. The van der Waals surface area contributed by atoms with Gasteiger partial charge in [0.05, 0.1) is 18.3 Å². The third-order valence-electron chi connectivity index (χ3n) is 3.57. The summed E-state index contributed by atoms with van der Waals surface area (Å²) in [6.45, 7) is 0. The third kappa shape index (κ3) is 0.824. The molecule has 0 aromatic rings. The van der Waals surface area contributed by atoms with Gasteiger partial charge in [-0.3, -0.25) is 0 Å². The van der Waals surface area contributed by atoms with Gasteiger partial charge >= 0.3 is 0 Å². The second-order valence-electron chi connectivity index (χ2n) is 4.22. The molecule has 0 radical (unpaired) electrons. The molecule has 2 heterocycles. The topological polar surface area (TPSA) is 29.5 Å². The minimum absolute atomic E-state index is 0.123. The van der Waals surface area contributed by atoms with Crippen molar-refractivity contribution in [3.05, 3.63) is 12.2 Å². The fourth-order valence-electron chi connectivity index (χ4n) is 2.96. The maximum absolute atomic E-state index is 9.84. The van der Waals surface area contributed by atoms with E-state index >= 15 is 0 Å². The molecule has 5 unspecified atom stereocenters. The summed E-state index contributed by atoms with van der Waals surface area (Å²) in [5, 5.41) is 9.84. The molecule has 66 valence electrons. The Kier molecular flexibility index (Phi) is 1.38. The maximum Gasteiger partial charge on any atom is 0.0784 e. The quantitative estimate of drug-likeness (QED) is 0.546. The fraction of sp³-hybridized carbons (Fsp3) is 0.800. The molecule has 1 saturated carbocycles. The van der Waals surface area contributed by atoms with Crippen LogP contribution in [0.25, 0.3) is 0 Å². The van der Waals surface area contributed by atoms with Crippen molar-refractivity contribution < 1.29 is 9.84 Å². The number of hydrogen-bond acceptors (Lipinski definition) is 2. The Morgan fingerprint density at radius 1 is 1.25 bits per heavy atom. The third-order valence-corrected chi connectivity index (χ3v) is 3.57. The zero-order valence-corrected chi connectivity index (χ0v) is 7.02. The minimum Gasteiger partial charge on any atom is -0.393 e. The van der Waals surface area contributed by atoms with Gasteiger partial charge in [-0.25, -0.2) is 0 Å². The van der Waals surface area contributed by atoms with Crippen molar-refractivity contribution in [2.75, 3.05) is 0 Å². The highest BCUT2D eigenvalue weighted by Gasteiger charge is 2.45. The normalized spacial score (nSPS) is 55.9. The SMILES string of the molecule is OC1CC2C=CC3C(CCC13)O2. The highest BCUT2D eigenvalue weighted by Crippen LogP contribution is 2.44. The van der Waals surface area contributed by atoms with Crippen LogP contribution in [-0.4, -0.2) is 23.4 Å². The number of aliphatic hydroxyl groups excluding tert-OH is 1. The predicted molar refractivity (Wildman–Crippen MR) is 44.6 cm³/mol. The molecule has 12 heavy (non-hydrogen) atoms. The van der Waals surface area contributed by atoms with E-state index in [-0.39, 0.29) is 12.2 Å². The molecule has 1 saturated heterocycles. The van der Waals surface area contributed by atoms with Gasteiger partial charge in [-0.1, -0.05) is 12.2 Å². The lowest BCUT2D eigenvalue weighted by atomic mass is 9.90. The maximum atomic E-state index is 9.84. The predicted octanol–water partition coefficient (Wildman–Crippen LogP) is 1.10. The number of rotatable bonds is 0. The zero-order valence-electron chi connectivity index (χ0n) is 7.02. The summed E-state index contributed by atoms with van der Waals surface area (Å²) in [6.07, 6.45) is 8.01. The molecule has 2 aliphatic heterocycles. The standard InChI is InChI=1S/C10H14O2/c11-9-5-6-1-2-8-7(9)3-4-10(8)12-6/h1-2,6-11H,3-5H2. The van der Waals surface area contributed by atoms with Gasteiger partial charge in [0.1, 0.15) is 0 Å². The number of hydrogen-bond donors (Lipinski definition) is 1. The van der Waals surface area contributed by atoms with Crippen molar-refractivity contribution in [1.82, 2.24) is 0 Å². The van der Waals surface area contributed by atoms with Crippen LogP contribution in [0, 0.1) is 11.8 Å². The lowest BCUT2D eigenvalue weighted by molar-refractivity contribution is -0.00928. The Labute approximate surface area is 72.2 Å². The van der Waals surface area contributed by atoms with Gasteiger partial charge in [0, 0.05) is 12.3 Å². The molecular weight excluding hydrogens is 152 g/mol. The summed E-state index contributed by atoms with van der Waals surface area (Å²) in [5.41, 5.74) is 0. The van der Waals surface area contributed by atoms with Crippen LogP contribution in [0.5, 0.6) is 0 Å². The van der Waals surface area contributed by atoms with E-state index in [1.807, 2.05) is 0 Å². The summed E-state index contributed by atoms with van der Waals surface area (Å²) < 4.78 is 5.82. The Morgan fingerprint density at radius 2 is 2.17 bits per heavy atom. The lowest BCUT2D eigenvalue weighted by Gasteiger charge is -2.24. The second-order valence-corrected chi connectivity index (χ2v) is 4.22. The molecule has 0 amide bonds. The molecule has 2 aliphatic carbocycles. The van der Waals surface area contributed by atoms with Gasteiger partial charge < -0.3 is 9.84 Å². The van der Waals surface area contributed by atoms with E-state index < -0.39 is 0 Å². The van der Waals surface area contributed by atoms with Crippen LogP contribution in [0.3, 0.4) is 0 Å². The lowest BCUT2D eigenvalue weighted by Crippen LogP contribution is -2.25.